The molecule has 9 heteroatoms. The van der Waals surface area contributed by atoms with E-state index in [1.807, 2.05) is 6.92 Å². The molecule has 2 aromatic heterocycles. The molecule has 1 amide bonds. The van der Waals surface area contributed by atoms with E-state index in [-0.39, 0.29) is 11.7 Å². The van der Waals surface area contributed by atoms with Gasteiger partial charge in [-0.15, -0.1) is 11.3 Å². The number of carbonyl (C=O) groups excluding carboxylic acids is 1. The molecule has 0 fully saturated rings. The molecule has 4 rings (SSSR count). The zero-order valence-electron chi connectivity index (χ0n) is 15.0. The molecule has 1 aliphatic rings. The predicted octanol–water partition coefficient (Wildman–Crippen LogP) is 5.53. The number of anilines is 1. The minimum absolute atomic E-state index is 0.157. The normalized spacial score (nSPS) is 13.3. The Morgan fingerprint density at radius 3 is 2.93 bits per heavy atom. The van der Waals surface area contributed by atoms with Crippen LogP contribution < -0.4 is 5.32 Å². The topological polar surface area (TPSA) is 54.9 Å². The molecular formula is C19H17F2N3OS3. The van der Waals surface area contributed by atoms with Gasteiger partial charge in [0.15, 0.2) is 0 Å². The number of aryl methyl sites for hydroxylation is 3. The molecule has 0 saturated carbocycles. The molecule has 1 N–H and O–H groups in total. The van der Waals surface area contributed by atoms with Gasteiger partial charge in [0, 0.05) is 15.2 Å². The maximum Gasteiger partial charge on any atom is 0.288 e. The Labute approximate surface area is 173 Å². The molecule has 146 valence electrons. The zero-order chi connectivity index (χ0) is 19.7. The number of hydrogen-bond acceptors (Lipinski definition) is 6. The fraction of sp³-hybridized carbons (Fsp3) is 0.316. The van der Waals surface area contributed by atoms with Gasteiger partial charge in [0.2, 0.25) is 5.91 Å². The number of alkyl halides is 2. The van der Waals surface area contributed by atoms with Gasteiger partial charge in [-0.1, -0.05) is 35.7 Å². The van der Waals surface area contributed by atoms with E-state index in [1.54, 1.807) is 35.6 Å². The first-order chi connectivity index (χ1) is 13.5. The number of nitrogens with zero attached hydrogens (tertiary/aromatic N) is 2. The van der Waals surface area contributed by atoms with Crippen molar-refractivity contribution in [3.05, 3.63) is 40.5 Å². The number of fused-ring (bicyclic) bond motifs is 3. The lowest BCUT2D eigenvalue weighted by molar-refractivity contribution is -0.113. The molecule has 0 saturated heterocycles. The minimum atomic E-state index is -2.54. The lowest BCUT2D eigenvalue weighted by Gasteiger charge is -2.10. The van der Waals surface area contributed by atoms with Crippen molar-refractivity contribution >= 4 is 56.7 Å². The van der Waals surface area contributed by atoms with Crippen molar-refractivity contribution in [1.82, 2.24) is 9.97 Å². The summed E-state index contributed by atoms with van der Waals surface area (Å²) < 4.78 is 25.4. The Morgan fingerprint density at radius 2 is 2.11 bits per heavy atom. The molecule has 0 spiro atoms. The van der Waals surface area contributed by atoms with Gasteiger partial charge in [-0.3, -0.25) is 4.79 Å². The molecule has 4 nitrogen and oxygen atoms in total. The molecule has 0 bridgehead atoms. The Morgan fingerprint density at radius 1 is 1.29 bits per heavy atom. The van der Waals surface area contributed by atoms with Crippen LogP contribution in [-0.2, 0) is 17.6 Å². The van der Waals surface area contributed by atoms with E-state index in [0.29, 0.717) is 28.2 Å². The lowest BCUT2D eigenvalue weighted by atomic mass is 10.2. The van der Waals surface area contributed by atoms with Crippen LogP contribution in [0.5, 0.6) is 0 Å². The van der Waals surface area contributed by atoms with E-state index >= 15 is 0 Å². The van der Waals surface area contributed by atoms with Gasteiger partial charge in [0.25, 0.3) is 5.76 Å². The van der Waals surface area contributed by atoms with E-state index in [1.165, 1.54) is 22.2 Å². The van der Waals surface area contributed by atoms with E-state index in [9.17, 15) is 13.6 Å². The van der Waals surface area contributed by atoms with Crippen LogP contribution >= 0.6 is 34.9 Å². The standard InChI is InChI=1S/C19H17F2N3OS3/c1-10-22-17(16-11-5-4-8-13(11)27-18(16)23-10)26-9-15(25)24-12-6-2-3-7-14(12)28-19(20)21/h2-3,6-7,19H,4-5,8-9H2,1H3,(H,24,25). The molecule has 1 aliphatic carbocycles. The largest absolute Gasteiger partial charge is 0.324 e. The summed E-state index contributed by atoms with van der Waals surface area (Å²) in [7, 11) is 0. The van der Waals surface area contributed by atoms with Crippen molar-refractivity contribution in [2.75, 3.05) is 11.1 Å². The van der Waals surface area contributed by atoms with Crippen molar-refractivity contribution in [2.24, 2.45) is 0 Å². The lowest BCUT2D eigenvalue weighted by Crippen LogP contribution is -2.15. The van der Waals surface area contributed by atoms with Crippen LogP contribution in [0.3, 0.4) is 0 Å². The van der Waals surface area contributed by atoms with Crippen LogP contribution in [0.15, 0.2) is 34.2 Å². The first kappa shape index (κ1) is 19.6. The van der Waals surface area contributed by atoms with Gasteiger partial charge in [-0.05, 0) is 43.9 Å². The van der Waals surface area contributed by atoms with E-state index in [2.05, 4.69) is 15.3 Å². The third kappa shape index (κ3) is 4.16. The third-order valence-corrected chi connectivity index (χ3v) is 7.31. The van der Waals surface area contributed by atoms with Crippen molar-refractivity contribution in [3.63, 3.8) is 0 Å². The van der Waals surface area contributed by atoms with Crippen molar-refractivity contribution in [1.29, 1.82) is 0 Å². The molecule has 0 radical (unpaired) electrons. The van der Waals surface area contributed by atoms with Crippen LogP contribution in [-0.4, -0.2) is 27.4 Å². The van der Waals surface area contributed by atoms with Crippen LogP contribution in [0.25, 0.3) is 10.2 Å². The van der Waals surface area contributed by atoms with Crippen LogP contribution in [0.1, 0.15) is 22.7 Å². The maximum atomic E-state index is 12.7. The quantitative estimate of drug-likeness (QED) is 0.406. The highest BCUT2D eigenvalue weighted by atomic mass is 32.2. The fourth-order valence-electron chi connectivity index (χ4n) is 3.26. The molecule has 2 heterocycles. The second kappa shape index (κ2) is 8.34. The Bertz CT molecular complexity index is 1040. The number of amides is 1. The number of thioether (sulfide) groups is 2. The highest BCUT2D eigenvalue weighted by molar-refractivity contribution is 8.00. The molecule has 0 unspecified atom stereocenters. The second-order valence-corrected chi connectivity index (χ2v) is 9.40. The minimum Gasteiger partial charge on any atom is -0.324 e. The van der Waals surface area contributed by atoms with Gasteiger partial charge < -0.3 is 5.32 Å². The highest BCUT2D eigenvalue weighted by Crippen LogP contribution is 2.40. The highest BCUT2D eigenvalue weighted by Gasteiger charge is 2.22. The summed E-state index contributed by atoms with van der Waals surface area (Å²) in [6.45, 7) is 1.85. The third-order valence-electron chi connectivity index (χ3n) is 4.36. The zero-order valence-corrected chi connectivity index (χ0v) is 17.4. The molecule has 3 aromatic rings. The van der Waals surface area contributed by atoms with Gasteiger partial charge in [0.05, 0.1) is 11.4 Å². The number of hydrogen-bond donors (Lipinski definition) is 1. The number of rotatable bonds is 6. The van der Waals surface area contributed by atoms with E-state index in [0.717, 1.165) is 34.5 Å². The average Bonchev–Trinajstić information content (AvgIpc) is 3.21. The summed E-state index contributed by atoms with van der Waals surface area (Å²) in [6.07, 6.45) is 3.26. The monoisotopic (exact) mass is 437 g/mol. The molecule has 1 aromatic carbocycles. The molecule has 0 aliphatic heterocycles. The van der Waals surface area contributed by atoms with Crippen LogP contribution in [0.2, 0.25) is 0 Å². The maximum absolute atomic E-state index is 12.7. The van der Waals surface area contributed by atoms with Crippen molar-refractivity contribution in [2.45, 2.75) is 41.9 Å². The smallest absolute Gasteiger partial charge is 0.288 e. The molecule has 28 heavy (non-hydrogen) atoms. The molecular weight excluding hydrogens is 420 g/mol. The van der Waals surface area contributed by atoms with E-state index < -0.39 is 5.76 Å². The van der Waals surface area contributed by atoms with Crippen molar-refractivity contribution < 1.29 is 13.6 Å². The van der Waals surface area contributed by atoms with Crippen LogP contribution in [0.4, 0.5) is 14.5 Å². The first-order valence-electron chi connectivity index (χ1n) is 8.76. The summed E-state index contributed by atoms with van der Waals surface area (Å²) in [5.74, 6) is -1.94. The Balaban J connectivity index is 1.50. The second-order valence-electron chi connectivity index (χ2n) is 6.32. The summed E-state index contributed by atoms with van der Waals surface area (Å²) in [6, 6.07) is 6.59. The number of thiophene rings is 1. The Hall–Kier alpha value is -1.71. The summed E-state index contributed by atoms with van der Waals surface area (Å²) in [5.41, 5.74) is 1.72. The number of carbonyl (C=O) groups is 1. The molecule has 0 atom stereocenters. The van der Waals surface area contributed by atoms with E-state index in [4.69, 9.17) is 0 Å². The SMILES string of the molecule is Cc1nc(SCC(=O)Nc2ccccc2SC(F)F)c2c3c(sc2n1)CCC3. The van der Waals surface area contributed by atoms with Gasteiger partial charge in [-0.2, -0.15) is 8.78 Å². The Kier molecular flexibility index (Phi) is 5.84. The fourth-order valence-corrected chi connectivity index (χ4v) is 6.12. The summed E-state index contributed by atoms with van der Waals surface area (Å²) >= 11 is 3.52. The van der Waals surface area contributed by atoms with Gasteiger partial charge >= 0.3 is 0 Å². The van der Waals surface area contributed by atoms with Gasteiger partial charge in [0.1, 0.15) is 15.7 Å². The number of para-hydroxylation sites is 1. The number of aromatic nitrogens is 2. The predicted molar refractivity (Wildman–Crippen MR) is 112 cm³/mol. The number of halogens is 2. The van der Waals surface area contributed by atoms with Crippen molar-refractivity contribution in [3.8, 4) is 0 Å². The first-order valence-corrected chi connectivity index (χ1v) is 11.4. The number of benzene rings is 1. The summed E-state index contributed by atoms with van der Waals surface area (Å²) in [4.78, 5) is 24.3. The number of nitrogens with one attached hydrogen (secondary N) is 1. The van der Waals surface area contributed by atoms with Crippen LogP contribution in [0, 0.1) is 6.92 Å². The van der Waals surface area contributed by atoms with Gasteiger partial charge in [-0.25, -0.2) is 9.97 Å². The average molecular weight is 438 g/mol. The summed E-state index contributed by atoms with van der Waals surface area (Å²) in [5, 5.41) is 4.64.